The number of aliphatic hydroxyl groups excluding tert-OH is 1. The largest absolute Gasteiger partial charge is 0.392 e. The molecular formula is C18H30O2Si. The zero-order valence-corrected chi connectivity index (χ0v) is 15.0. The summed E-state index contributed by atoms with van der Waals surface area (Å²) in [5, 5.41) is 12.1. The van der Waals surface area contributed by atoms with Gasteiger partial charge >= 0.3 is 0 Å². The van der Waals surface area contributed by atoms with Crippen LogP contribution in [0.4, 0.5) is 0 Å². The van der Waals surface area contributed by atoms with Gasteiger partial charge in [0.05, 0.1) is 26.9 Å². The molecular weight excluding hydrogens is 276 g/mol. The van der Waals surface area contributed by atoms with Gasteiger partial charge < -0.3 is 9.84 Å². The molecule has 1 saturated heterocycles. The van der Waals surface area contributed by atoms with Gasteiger partial charge in [0.25, 0.3) is 0 Å². The minimum Gasteiger partial charge on any atom is -0.392 e. The molecule has 0 amide bonds. The van der Waals surface area contributed by atoms with Crippen LogP contribution in [0.25, 0.3) is 0 Å². The molecule has 0 bridgehead atoms. The van der Waals surface area contributed by atoms with Crippen LogP contribution in [0.3, 0.4) is 0 Å². The van der Waals surface area contributed by atoms with Crippen LogP contribution in [0.15, 0.2) is 30.3 Å². The molecule has 1 fully saturated rings. The third kappa shape index (κ3) is 3.76. The van der Waals surface area contributed by atoms with Crippen molar-refractivity contribution in [2.75, 3.05) is 6.61 Å². The number of hydrogen-bond donors (Lipinski definition) is 1. The first kappa shape index (κ1) is 16.7. The molecule has 1 aliphatic rings. The van der Waals surface area contributed by atoms with Gasteiger partial charge in [-0.25, -0.2) is 0 Å². The highest BCUT2D eigenvalue weighted by molar-refractivity contribution is 6.89. The highest BCUT2D eigenvalue weighted by atomic mass is 28.3. The molecule has 0 radical (unpaired) electrons. The first-order valence-electron chi connectivity index (χ1n) is 8.18. The standard InChI is InChI=1S/C18H30O2Si/c1-13(2)16-11-20-17(14(3)18(16)19)12-21(4,5)15-9-7-6-8-10-15/h6-10,13-14,16-19H,11-12H2,1-5H3/t14-,16+,17-,18+/m1/s1. The van der Waals surface area contributed by atoms with Crippen molar-refractivity contribution in [3.05, 3.63) is 30.3 Å². The van der Waals surface area contributed by atoms with Crippen molar-refractivity contribution >= 4 is 13.3 Å². The molecule has 3 heteroatoms. The quantitative estimate of drug-likeness (QED) is 0.865. The summed E-state index contributed by atoms with van der Waals surface area (Å²) in [4.78, 5) is 0. The van der Waals surface area contributed by atoms with Gasteiger partial charge in [0.1, 0.15) is 0 Å². The van der Waals surface area contributed by atoms with E-state index in [1.54, 1.807) is 0 Å². The van der Waals surface area contributed by atoms with Crippen molar-refractivity contribution in [2.24, 2.45) is 17.8 Å². The predicted octanol–water partition coefficient (Wildman–Crippen LogP) is 3.27. The second kappa shape index (κ2) is 6.63. The SMILES string of the molecule is CC(C)[C@@H]1CO[C@H](C[Si](C)(C)c2ccccc2)[C@@H](C)[C@@H]1O. The average molecular weight is 307 g/mol. The average Bonchev–Trinajstić information content (AvgIpc) is 2.44. The van der Waals surface area contributed by atoms with E-state index in [0.717, 1.165) is 6.04 Å². The highest BCUT2D eigenvalue weighted by Gasteiger charge is 2.40. The summed E-state index contributed by atoms with van der Waals surface area (Å²) in [5.41, 5.74) is 0. The summed E-state index contributed by atoms with van der Waals surface area (Å²) in [5.74, 6) is 0.974. The molecule has 1 aromatic carbocycles. The maximum absolute atomic E-state index is 10.6. The molecule has 118 valence electrons. The zero-order chi connectivity index (χ0) is 15.6. The zero-order valence-electron chi connectivity index (χ0n) is 14.0. The number of ether oxygens (including phenoxy) is 1. The van der Waals surface area contributed by atoms with Crippen molar-refractivity contribution in [3.63, 3.8) is 0 Å². The number of benzene rings is 1. The molecule has 1 N–H and O–H groups in total. The second-order valence-corrected chi connectivity index (χ2v) is 12.3. The van der Waals surface area contributed by atoms with E-state index >= 15 is 0 Å². The highest BCUT2D eigenvalue weighted by Crippen LogP contribution is 2.33. The Bertz CT molecular complexity index is 444. The van der Waals surface area contributed by atoms with Crippen molar-refractivity contribution in [3.8, 4) is 0 Å². The maximum Gasteiger partial charge on any atom is 0.0831 e. The Morgan fingerprint density at radius 1 is 1.24 bits per heavy atom. The number of rotatable bonds is 4. The first-order chi connectivity index (χ1) is 9.83. The molecule has 0 spiro atoms. The van der Waals surface area contributed by atoms with Crippen molar-refractivity contribution in [1.82, 2.24) is 0 Å². The van der Waals surface area contributed by atoms with E-state index in [4.69, 9.17) is 4.74 Å². The summed E-state index contributed by atoms with van der Waals surface area (Å²) >= 11 is 0. The molecule has 1 aliphatic heterocycles. The summed E-state index contributed by atoms with van der Waals surface area (Å²) in [7, 11) is -1.52. The fraction of sp³-hybridized carbons (Fsp3) is 0.667. The molecule has 1 aromatic rings. The Morgan fingerprint density at radius 2 is 1.86 bits per heavy atom. The molecule has 0 saturated carbocycles. The third-order valence-electron chi connectivity index (χ3n) is 5.19. The Hall–Kier alpha value is -0.643. The van der Waals surface area contributed by atoms with Gasteiger partial charge in [0, 0.05) is 11.8 Å². The van der Waals surface area contributed by atoms with E-state index in [1.165, 1.54) is 5.19 Å². The molecule has 4 atom stereocenters. The lowest BCUT2D eigenvalue weighted by Gasteiger charge is -2.42. The van der Waals surface area contributed by atoms with E-state index in [0.29, 0.717) is 12.5 Å². The second-order valence-electron chi connectivity index (χ2n) is 7.58. The van der Waals surface area contributed by atoms with Crippen molar-refractivity contribution in [1.29, 1.82) is 0 Å². The normalized spacial score (nSPS) is 30.6. The van der Waals surface area contributed by atoms with Gasteiger partial charge in [-0.15, -0.1) is 0 Å². The van der Waals surface area contributed by atoms with E-state index < -0.39 is 8.07 Å². The lowest BCUT2D eigenvalue weighted by Crippen LogP contribution is -2.52. The Labute approximate surface area is 130 Å². The lowest BCUT2D eigenvalue weighted by atomic mass is 9.80. The van der Waals surface area contributed by atoms with E-state index in [9.17, 15) is 5.11 Å². The van der Waals surface area contributed by atoms with Gasteiger partial charge in [0.2, 0.25) is 0 Å². The molecule has 0 aromatic heterocycles. The minimum atomic E-state index is -1.52. The van der Waals surface area contributed by atoms with Crippen LogP contribution in [0, 0.1) is 17.8 Å². The van der Waals surface area contributed by atoms with Gasteiger partial charge in [-0.3, -0.25) is 0 Å². The van der Waals surface area contributed by atoms with Crippen molar-refractivity contribution < 1.29 is 9.84 Å². The monoisotopic (exact) mass is 306 g/mol. The molecule has 0 unspecified atom stereocenters. The van der Waals surface area contributed by atoms with Crippen LogP contribution in [-0.4, -0.2) is 32.0 Å². The molecule has 2 nitrogen and oxygen atoms in total. The number of aliphatic hydroxyl groups is 1. The van der Waals surface area contributed by atoms with Crippen LogP contribution < -0.4 is 5.19 Å². The predicted molar refractivity (Wildman–Crippen MR) is 91.6 cm³/mol. The minimum absolute atomic E-state index is 0.192. The van der Waals surface area contributed by atoms with Crippen LogP contribution in [0.1, 0.15) is 20.8 Å². The van der Waals surface area contributed by atoms with E-state index in [-0.39, 0.29) is 24.0 Å². The maximum atomic E-state index is 10.6. The Kier molecular flexibility index (Phi) is 5.28. The van der Waals surface area contributed by atoms with E-state index in [2.05, 4.69) is 64.2 Å². The first-order valence-corrected chi connectivity index (χ1v) is 11.4. The van der Waals surface area contributed by atoms with Crippen LogP contribution in [0.5, 0.6) is 0 Å². The van der Waals surface area contributed by atoms with Crippen LogP contribution in [-0.2, 0) is 4.74 Å². The van der Waals surface area contributed by atoms with E-state index in [1.807, 2.05) is 0 Å². The fourth-order valence-corrected chi connectivity index (χ4v) is 6.26. The molecule has 1 heterocycles. The molecule has 2 rings (SSSR count). The van der Waals surface area contributed by atoms with Gasteiger partial charge in [-0.05, 0) is 12.0 Å². The summed E-state index contributed by atoms with van der Waals surface area (Å²) < 4.78 is 6.17. The summed E-state index contributed by atoms with van der Waals surface area (Å²) in [6.45, 7) is 12.0. The lowest BCUT2D eigenvalue weighted by molar-refractivity contribution is -0.126. The van der Waals surface area contributed by atoms with Gasteiger partial charge in [-0.1, -0.05) is 69.4 Å². The van der Waals surface area contributed by atoms with Gasteiger partial charge in [-0.2, -0.15) is 0 Å². The molecule has 0 aliphatic carbocycles. The van der Waals surface area contributed by atoms with Crippen molar-refractivity contribution in [2.45, 2.75) is 52.1 Å². The Morgan fingerprint density at radius 3 is 2.43 bits per heavy atom. The topological polar surface area (TPSA) is 29.5 Å². The smallest absolute Gasteiger partial charge is 0.0831 e. The van der Waals surface area contributed by atoms with Crippen LogP contribution >= 0.6 is 0 Å². The number of hydrogen-bond acceptors (Lipinski definition) is 2. The fourth-order valence-electron chi connectivity index (χ4n) is 3.44. The van der Waals surface area contributed by atoms with Gasteiger partial charge in [0.15, 0.2) is 0 Å². The summed E-state index contributed by atoms with van der Waals surface area (Å²) in [6, 6.07) is 11.9. The third-order valence-corrected chi connectivity index (χ3v) is 8.51. The summed E-state index contributed by atoms with van der Waals surface area (Å²) in [6.07, 6.45) is -0.0406. The van der Waals surface area contributed by atoms with Crippen LogP contribution in [0.2, 0.25) is 19.1 Å². The Balaban J connectivity index is 2.07. The molecule has 21 heavy (non-hydrogen) atoms.